The molecule has 4 fully saturated rings. The average molecular weight is 332 g/mol. The Bertz CT molecular complexity index is 530. The third-order valence-electron chi connectivity index (χ3n) is 9.82. The zero-order valence-electron chi connectivity index (χ0n) is 16.5. The van der Waals surface area contributed by atoms with Gasteiger partial charge < -0.3 is 4.90 Å². The van der Waals surface area contributed by atoms with Crippen LogP contribution < -0.4 is 0 Å². The lowest BCUT2D eigenvalue weighted by Gasteiger charge is -2.61. The molecule has 0 bridgehead atoms. The van der Waals surface area contributed by atoms with Gasteiger partial charge in [-0.1, -0.05) is 34.1 Å². The second-order valence-electron chi connectivity index (χ2n) is 10.2. The first-order chi connectivity index (χ1) is 11.3. The maximum atomic E-state index is 12.2. The highest BCUT2D eigenvalue weighted by Gasteiger charge is 2.61. The van der Waals surface area contributed by atoms with Gasteiger partial charge in [0.25, 0.3) is 0 Å². The van der Waals surface area contributed by atoms with Gasteiger partial charge in [0.05, 0.1) is 0 Å². The normalized spacial score (nSPS) is 54.2. The highest BCUT2D eigenvalue weighted by Crippen LogP contribution is 2.67. The summed E-state index contributed by atoms with van der Waals surface area (Å²) >= 11 is 0. The summed E-state index contributed by atoms with van der Waals surface area (Å²) in [6.45, 7) is 10.1. The molecule has 0 aromatic rings. The van der Waals surface area contributed by atoms with Crippen LogP contribution in [0.4, 0.5) is 0 Å². The maximum Gasteiger partial charge on any atom is 0.222 e. The summed E-state index contributed by atoms with van der Waals surface area (Å²) in [5.41, 5.74) is 0.960. The molecule has 1 amide bonds. The predicted octanol–water partition coefficient (Wildman–Crippen LogP) is 5.12. The first-order valence-corrected chi connectivity index (χ1v) is 10.6. The monoisotopic (exact) mass is 331 g/mol. The number of fused-ring (bicyclic) bond motifs is 5. The summed E-state index contributed by atoms with van der Waals surface area (Å²) < 4.78 is 0. The number of nitrogens with zero attached hydrogens (tertiary/aromatic N) is 1. The van der Waals surface area contributed by atoms with Gasteiger partial charge in [-0.2, -0.15) is 0 Å². The second-order valence-corrected chi connectivity index (χ2v) is 10.2. The molecule has 4 aliphatic rings. The molecule has 136 valence electrons. The van der Waals surface area contributed by atoms with Crippen molar-refractivity contribution in [2.24, 2.45) is 40.4 Å². The fraction of sp³-hybridized carbons (Fsp3) is 0.955. The Balaban J connectivity index is 1.65. The summed E-state index contributed by atoms with van der Waals surface area (Å²) in [5.74, 6) is 4.95. The van der Waals surface area contributed by atoms with Gasteiger partial charge in [0.2, 0.25) is 5.91 Å². The largest absolute Gasteiger partial charge is 0.342 e. The van der Waals surface area contributed by atoms with Crippen molar-refractivity contribution < 1.29 is 4.79 Å². The SMILES string of the molecule is CC[C@H]1CC2C3CCC4N(C)C(=O)CCC4(C)C3CCC2(C)[C@H]1C. The lowest BCUT2D eigenvalue weighted by atomic mass is 9.47. The molecule has 6 unspecified atom stereocenters. The zero-order valence-corrected chi connectivity index (χ0v) is 16.5. The Labute approximate surface area is 148 Å². The second kappa shape index (κ2) is 5.48. The van der Waals surface area contributed by atoms with Crippen LogP contribution in [-0.4, -0.2) is 23.9 Å². The summed E-state index contributed by atoms with van der Waals surface area (Å²) in [4.78, 5) is 14.4. The number of amides is 1. The Morgan fingerprint density at radius 3 is 2.54 bits per heavy atom. The molecule has 3 saturated carbocycles. The van der Waals surface area contributed by atoms with E-state index in [9.17, 15) is 4.79 Å². The molecule has 0 spiro atoms. The van der Waals surface area contributed by atoms with Crippen LogP contribution >= 0.6 is 0 Å². The van der Waals surface area contributed by atoms with Crippen LogP contribution in [0.25, 0.3) is 0 Å². The van der Waals surface area contributed by atoms with Gasteiger partial charge in [0.15, 0.2) is 0 Å². The summed E-state index contributed by atoms with van der Waals surface area (Å²) in [6.07, 6.45) is 10.2. The van der Waals surface area contributed by atoms with Gasteiger partial charge in [-0.15, -0.1) is 0 Å². The van der Waals surface area contributed by atoms with Gasteiger partial charge in [-0.05, 0) is 78.9 Å². The molecule has 0 aromatic carbocycles. The molecular formula is C22H37NO. The molecular weight excluding hydrogens is 294 g/mol. The van der Waals surface area contributed by atoms with Crippen molar-refractivity contribution in [2.45, 2.75) is 85.1 Å². The van der Waals surface area contributed by atoms with Crippen molar-refractivity contribution in [1.29, 1.82) is 0 Å². The number of rotatable bonds is 1. The molecule has 0 N–H and O–H groups in total. The Morgan fingerprint density at radius 2 is 1.83 bits per heavy atom. The smallest absolute Gasteiger partial charge is 0.222 e. The van der Waals surface area contributed by atoms with Crippen molar-refractivity contribution in [3.8, 4) is 0 Å². The fourth-order valence-corrected chi connectivity index (χ4v) is 8.10. The van der Waals surface area contributed by atoms with Gasteiger partial charge in [-0.25, -0.2) is 0 Å². The molecule has 3 aliphatic carbocycles. The number of piperidine rings is 1. The van der Waals surface area contributed by atoms with Crippen LogP contribution in [-0.2, 0) is 4.79 Å². The van der Waals surface area contributed by atoms with Crippen LogP contribution in [0.1, 0.15) is 79.1 Å². The maximum absolute atomic E-state index is 12.2. The van der Waals surface area contributed by atoms with E-state index in [2.05, 4.69) is 39.6 Å². The van der Waals surface area contributed by atoms with Gasteiger partial charge in [-0.3, -0.25) is 4.79 Å². The van der Waals surface area contributed by atoms with Crippen molar-refractivity contribution in [3.05, 3.63) is 0 Å². The van der Waals surface area contributed by atoms with E-state index in [4.69, 9.17) is 0 Å². The molecule has 0 radical (unpaired) electrons. The molecule has 2 heteroatoms. The van der Waals surface area contributed by atoms with Crippen molar-refractivity contribution in [3.63, 3.8) is 0 Å². The zero-order chi connectivity index (χ0) is 17.3. The van der Waals surface area contributed by atoms with Gasteiger partial charge in [0.1, 0.15) is 0 Å². The van der Waals surface area contributed by atoms with E-state index in [1.165, 1.54) is 38.5 Å². The Morgan fingerprint density at radius 1 is 1.08 bits per heavy atom. The molecule has 4 rings (SSSR count). The van der Waals surface area contributed by atoms with Crippen LogP contribution in [0.5, 0.6) is 0 Å². The standard InChI is InChI=1S/C22H37NO/c1-6-15-13-18-16-7-8-19-22(4,12-10-20(24)23(19)5)17(16)9-11-21(18,3)14(15)2/h14-19H,6-13H2,1-5H3/t14-,15-,16?,17?,18?,19?,21?,22?/m0/s1. The van der Waals surface area contributed by atoms with Crippen molar-refractivity contribution in [1.82, 2.24) is 4.90 Å². The molecule has 0 aromatic heterocycles. The first-order valence-electron chi connectivity index (χ1n) is 10.6. The number of carbonyl (C=O) groups is 1. The minimum absolute atomic E-state index is 0.375. The fourth-order valence-electron chi connectivity index (χ4n) is 8.10. The summed E-state index contributed by atoms with van der Waals surface area (Å²) in [5, 5.41) is 0. The number of hydrogen-bond acceptors (Lipinski definition) is 1. The van der Waals surface area contributed by atoms with Crippen LogP contribution in [0.15, 0.2) is 0 Å². The van der Waals surface area contributed by atoms with E-state index < -0.39 is 0 Å². The van der Waals surface area contributed by atoms with E-state index in [0.717, 1.165) is 42.4 Å². The summed E-state index contributed by atoms with van der Waals surface area (Å²) in [6, 6.07) is 0.505. The summed E-state index contributed by atoms with van der Waals surface area (Å²) in [7, 11) is 2.07. The lowest BCUT2D eigenvalue weighted by molar-refractivity contribution is -0.158. The van der Waals surface area contributed by atoms with E-state index in [0.29, 0.717) is 22.8 Å². The van der Waals surface area contributed by atoms with Gasteiger partial charge in [0, 0.05) is 19.5 Å². The minimum Gasteiger partial charge on any atom is -0.342 e. The van der Waals surface area contributed by atoms with E-state index in [-0.39, 0.29) is 0 Å². The quantitative estimate of drug-likeness (QED) is 0.653. The molecule has 1 aliphatic heterocycles. The Hall–Kier alpha value is -0.530. The van der Waals surface area contributed by atoms with Crippen LogP contribution in [0, 0.1) is 40.4 Å². The number of hydrogen-bond donors (Lipinski definition) is 0. The Kier molecular flexibility index (Phi) is 3.86. The average Bonchev–Trinajstić information content (AvgIpc) is 2.83. The molecule has 1 saturated heterocycles. The minimum atomic E-state index is 0.375. The topological polar surface area (TPSA) is 20.3 Å². The number of carbonyl (C=O) groups excluding carboxylic acids is 1. The highest BCUT2D eigenvalue weighted by molar-refractivity contribution is 5.77. The van der Waals surface area contributed by atoms with E-state index >= 15 is 0 Å². The van der Waals surface area contributed by atoms with Crippen LogP contribution in [0.3, 0.4) is 0 Å². The lowest BCUT2D eigenvalue weighted by Crippen LogP contribution is -2.61. The predicted molar refractivity (Wildman–Crippen MR) is 98.5 cm³/mol. The van der Waals surface area contributed by atoms with Crippen LogP contribution in [0.2, 0.25) is 0 Å². The molecule has 8 atom stereocenters. The van der Waals surface area contributed by atoms with E-state index in [1.807, 2.05) is 0 Å². The third kappa shape index (κ3) is 2.04. The number of likely N-dealkylation sites (tertiary alicyclic amines) is 1. The highest BCUT2D eigenvalue weighted by atomic mass is 16.2. The molecule has 2 nitrogen and oxygen atoms in total. The van der Waals surface area contributed by atoms with Gasteiger partial charge >= 0.3 is 0 Å². The molecule has 24 heavy (non-hydrogen) atoms. The van der Waals surface area contributed by atoms with Crippen molar-refractivity contribution >= 4 is 5.91 Å². The third-order valence-corrected chi connectivity index (χ3v) is 9.82. The van der Waals surface area contributed by atoms with E-state index in [1.54, 1.807) is 0 Å². The molecule has 1 heterocycles. The first kappa shape index (κ1) is 16.9. The van der Waals surface area contributed by atoms with Crippen molar-refractivity contribution in [2.75, 3.05) is 7.05 Å².